The summed E-state index contributed by atoms with van der Waals surface area (Å²) in [4.78, 5) is 16.9. The highest BCUT2D eigenvalue weighted by atomic mass is 32.2. The fourth-order valence-electron chi connectivity index (χ4n) is 4.62. The van der Waals surface area contributed by atoms with Gasteiger partial charge >= 0.3 is 0 Å². The summed E-state index contributed by atoms with van der Waals surface area (Å²) >= 11 is 6.60. The third kappa shape index (κ3) is 3.89. The molecule has 1 fully saturated rings. The van der Waals surface area contributed by atoms with Crippen molar-refractivity contribution in [2.45, 2.75) is 18.2 Å². The normalized spacial score (nSPS) is 15.8. The zero-order valence-corrected chi connectivity index (χ0v) is 19.9. The van der Waals surface area contributed by atoms with Gasteiger partial charge in [0.2, 0.25) is 5.91 Å². The molecule has 34 heavy (non-hydrogen) atoms. The average Bonchev–Trinajstić information content (AvgIpc) is 3.35. The maximum absolute atomic E-state index is 12.2. The molecule has 6 rings (SSSR count). The van der Waals surface area contributed by atoms with Crippen LogP contribution in [0.5, 0.6) is 0 Å². The van der Waals surface area contributed by atoms with Crippen molar-refractivity contribution >= 4 is 56.0 Å². The van der Waals surface area contributed by atoms with Crippen LogP contribution in [0.4, 0.5) is 0 Å². The Morgan fingerprint density at radius 3 is 2.41 bits per heavy atom. The van der Waals surface area contributed by atoms with E-state index in [0.717, 1.165) is 28.9 Å². The van der Waals surface area contributed by atoms with Gasteiger partial charge in [-0.25, -0.2) is 0 Å². The lowest BCUT2D eigenvalue weighted by molar-refractivity contribution is -0.118. The zero-order valence-electron chi connectivity index (χ0n) is 18.3. The fourth-order valence-corrected chi connectivity index (χ4v) is 5.93. The minimum Gasteiger partial charge on any atom is -0.336 e. The molecular weight excluding hydrogens is 458 g/mol. The van der Waals surface area contributed by atoms with Crippen molar-refractivity contribution in [1.82, 2.24) is 14.9 Å². The number of para-hydroxylation sites is 1. The number of carbonyl (C=O) groups is 1. The molecule has 1 aliphatic rings. The first-order chi connectivity index (χ1) is 16.7. The first kappa shape index (κ1) is 21.1. The number of amides is 1. The average molecular weight is 480 g/mol. The number of nitrogens with one attached hydrogen (secondary N) is 1. The minimum absolute atomic E-state index is 0.00368. The van der Waals surface area contributed by atoms with Gasteiger partial charge in [0, 0.05) is 40.1 Å². The molecule has 2 aromatic heterocycles. The van der Waals surface area contributed by atoms with Crippen LogP contribution in [0.1, 0.15) is 11.1 Å². The second-order valence-electron chi connectivity index (χ2n) is 8.46. The molecule has 0 spiro atoms. The Morgan fingerprint density at radius 1 is 0.882 bits per heavy atom. The number of hydrogen-bond acceptors (Lipinski definition) is 4. The highest BCUT2D eigenvalue weighted by molar-refractivity contribution is 8.24. The molecule has 1 N–H and O–H groups in total. The largest absolute Gasteiger partial charge is 0.336 e. The summed E-state index contributed by atoms with van der Waals surface area (Å²) in [5.41, 5.74) is 6.76. The van der Waals surface area contributed by atoms with E-state index in [-0.39, 0.29) is 11.2 Å². The highest BCUT2D eigenvalue weighted by Crippen LogP contribution is 2.32. The van der Waals surface area contributed by atoms with Crippen LogP contribution in [0, 0.1) is 0 Å². The van der Waals surface area contributed by atoms with E-state index in [1.54, 1.807) is 0 Å². The van der Waals surface area contributed by atoms with Crippen molar-refractivity contribution in [3.8, 4) is 11.3 Å². The number of fused-ring (bicyclic) bond motifs is 3. The van der Waals surface area contributed by atoms with E-state index in [1.807, 2.05) is 24.4 Å². The van der Waals surface area contributed by atoms with Gasteiger partial charge in [0.15, 0.2) is 0 Å². The Kier molecular flexibility index (Phi) is 5.40. The molecule has 5 aromatic rings. The lowest BCUT2D eigenvalue weighted by atomic mass is 10.1. The third-order valence-corrected chi connectivity index (χ3v) is 7.63. The zero-order chi connectivity index (χ0) is 23.1. The van der Waals surface area contributed by atoms with E-state index >= 15 is 0 Å². The molecule has 6 heteroatoms. The van der Waals surface area contributed by atoms with Crippen molar-refractivity contribution in [3.63, 3.8) is 0 Å². The van der Waals surface area contributed by atoms with Gasteiger partial charge in [-0.2, -0.15) is 0 Å². The van der Waals surface area contributed by atoms with Crippen LogP contribution in [-0.4, -0.2) is 25.0 Å². The predicted octanol–water partition coefficient (Wildman–Crippen LogP) is 5.96. The third-order valence-electron chi connectivity index (χ3n) is 6.26. The monoisotopic (exact) mass is 479 g/mol. The number of thiocarbonyl (C=S) groups is 1. The van der Waals surface area contributed by atoms with Crippen LogP contribution in [0.25, 0.3) is 33.1 Å². The van der Waals surface area contributed by atoms with Crippen molar-refractivity contribution < 1.29 is 4.79 Å². The summed E-state index contributed by atoms with van der Waals surface area (Å²) in [7, 11) is 0. The maximum atomic E-state index is 12.2. The van der Waals surface area contributed by atoms with E-state index in [0.29, 0.717) is 10.7 Å². The Labute approximate surface area is 207 Å². The van der Waals surface area contributed by atoms with Crippen LogP contribution in [-0.2, 0) is 17.8 Å². The van der Waals surface area contributed by atoms with E-state index in [4.69, 9.17) is 17.2 Å². The molecule has 1 aliphatic heterocycles. The molecule has 3 aromatic carbocycles. The molecule has 3 heterocycles. The van der Waals surface area contributed by atoms with Crippen LogP contribution in [0.15, 0.2) is 91.1 Å². The number of benzene rings is 3. The smallest absolute Gasteiger partial charge is 0.239 e. The number of rotatable bonds is 5. The fraction of sp³-hybridized carbons (Fsp3) is 0.107. The van der Waals surface area contributed by atoms with Gasteiger partial charge in [-0.1, -0.05) is 84.6 Å². The van der Waals surface area contributed by atoms with Crippen LogP contribution >= 0.6 is 24.0 Å². The number of carbonyl (C=O) groups excluding carboxylic acids is 1. The maximum Gasteiger partial charge on any atom is 0.239 e. The van der Waals surface area contributed by atoms with Gasteiger partial charge in [-0.3, -0.25) is 9.78 Å². The number of nitrogens with zero attached hydrogens (tertiary/aromatic N) is 2. The van der Waals surface area contributed by atoms with Gasteiger partial charge in [0.25, 0.3) is 0 Å². The Bertz CT molecular complexity index is 1540. The second-order valence-corrected chi connectivity index (χ2v) is 10.3. The van der Waals surface area contributed by atoms with Crippen LogP contribution in [0.2, 0.25) is 0 Å². The van der Waals surface area contributed by atoms with Gasteiger partial charge in [-0.15, -0.1) is 0 Å². The summed E-state index contributed by atoms with van der Waals surface area (Å²) < 4.78 is 2.92. The Morgan fingerprint density at radius 2 is 1.65 bits per heavy atom. The molecule has 1 unspecified atom stereocenters. The summed E-state index contributed by atoms with van der Waals surface area (Å²) in [6, 6.07) is 29.5. The number of aromatic nitrogens is 2. The lowest BCUT2D eigenvalue weighted by Crippen LogP contribution is -2.25. The summed E-state index contributed by atoms with van der Waals surface area (Å²) in [5, 5.41) is 5.00. The van der Waals surface area contributed by atoms with Crippen molar-refractivity contribution in [1.29, 1.82) is 0 Å². The lowest BCUT2D eigenvalue weighted by Gasteiger charge is -2.10. The molecule has 1 amide bonds. The summed E-state index contributed by atoms with van der Waals surface area (Å²) in [6.45, 7) is 0.737. The van der Waals surface area contributed by atoms with E-state index in [9.17, 15) is 4.79 Å². The molecule has 166 valence electrons. The van der Waals surface area contributed by atoms with E-state index in [2.05, 4.69) is 76.6 Å². The minimum atomic E-state index is -0.160. The summed E-state index contributed by atoms with van der Waals surface area (Å²) in [6.07, 6.45) is 2.63. The van der Waals surface area contributed by atoms with Crippen molar-refractivity contribution in [3.05, 3.63) is 102 Å². The van der Waals surface area contributed by atoms with Gasteiger partial charge in [0.1, 0.15) is 4.32 Å². The number of thioether (sulfide) groups is 1. The van der Waals surface area contributed by atoms with Crippen molar-refractivity contribution in [2.24, 2.45) is 0 Å². The Hall–Kier alpha value is -3.48. The summed E-state index contributed by atoms with van der Waals surface area (Å²) in [5.74, 6) is 0.00368. The SMILES string of the molecule is O=C1NC(=S)SC1Cc1ccc2c(c1)c1ccccc1n2Cc1ccc(-c2ccccc2)nc1. The first-order valence-electron chi connectivity index (χ1n) is 11.2. The molecule has 4 nitrogen and oxygen atoms in total. The molecule has 1 atom stereocenters. The van der Waals surface area contributed by atoms with Crippen LogP contribution < -0.4 is 5.32 Å². The molecule has 0 saturated carbocycles. The standard InChI is InChI=1S/C28H21N3OS2/c32-27-26(34-28(33)30-27)15-18-11-13-25-22(14-18)21-8-4-5-9-24(21)31(25)17-19-10-12-23(29-16-19)20-6-2-1-3-7-20/h1-14,16,26H,15,17H2,(H,30,32,33). The number of hydrogen-bond donors (Lipinski definition) is 1. The van der Waals surface area contributed by atoms with E-state index in [1.165, 1.54) is 33.6 Å². The molecule has 1 saturated heterocycles. The predicted molar refractivity (Wildman–Crippen MR) is 144 cm³/mol. The topological polar surface area (TPSA) is 46.9 Å². The van der Waals surface area contributed by atoms with Crippen molar-refractivity contribution in [2.75, 3.05) is 0 Å². The first-order valence-corrected chi connectivity index (χ1v) is 12.5. The second kappa shape index (κ2) is 8.70. The van der Waals surface area contributed by atoms with Gasteiger partial charge in [-0.05, 0) is 41.8 Å². The molecule has 0 aliphatic carbocycles. The van der Waals surface area contributed by atoms with Gasteiger partial charge in [0.05, 0.1) is 10.9 Å². The quantitative estimate of drug-likeness (QED) is 0.316. The highest BCUT2D eigenvalue weighted by Gasteiger charge is 2.29. The molecular formula is C28H21N3OS2. The Balaban J connectivity index is 1.35. The molecule has 0 radical (unpaired) electrons. The van der Waals surface area contributed by atoms with E-state index < -0.39 is 0 Å². The van der Waals surface area contributed by atoms with Gasteiger partial charge < -0.3 is 9.88 Å². The molecule has 0 bridgehead atoms. The number of pyridine rings is 1. The van der Waals surface area contributed by atoms with Crippen LogP contribution in [0.3, 0.4) is 0 Å².